The first-order valence-electron chi connectivity index (χ1n) is 15.1. The van der Waals surface area contributed by atoms with Crippen molar-refractivity contribution in [3.63, 3.8) is 0 Å². The van der Waals surface area contributed by atoms with Crippen molar-refractivity contribution in [2.75, 3.05) is 32.7 Å². The molecule has 4 aliphatic rings. The van der Waals surface area contributed by atoms with E-state index in [4.69, 9.17) is 4.74 Å². The second-order valence-electron chi connectivity index (χ2n) is 12.2. The summed E-state index contributed by atoms with van der Waals surface area (Å²) in [5.74, 6) is -3.01. The third-order valence-corrected chi connectivity index (χ3v) is 9.22. The quantitative estimate of drug-likeness (QED) is 0.300. The van der Waals surface area contributed by atoms with Gasteiger partial charge in [-0.25, -0.2) is 8.78 Å². The second kappa shape index (κ2) is 13.0. The van der Waals surface area contributed by atoms with Crippen molar-refractivity contribution in [2.45, 2.75) is 68.5 Å². The largest absolute Gasteiger partial charge is 0.508 e. The normalized spacial score (nSPS) is 31.6. The number of phenolic OH excluding ortho intramolecular Hbond substituents is 1. The molecule has 0 radical (unpaired) electrons. The predicted octanol–water partition coefficient (Wildman–Crippen LogP) is -0.548. The van der Waals surface area contributed by atoms with Crippen molar-refractivity contribution >= 4 is 17.7 Å². The molecular weight excluding hydrogens is 592 g/mol. The number of hydrogen-bond donors (Lipinski definition) is 5. The number of carbonyl (C=O) groups is 3. The number of ether oxygens (including phenoxy) is 1. The van der Waals surface area contributed by atoms with E-state index in [1.54, 1.807) is 34.1 Å². The molecule has 14 heteroatoms. The minimum atomic E-state index is -1.35. The molecular formula is C31H37F2N5O7. The minimum absolute atomic E-state index is 0.00558. The lowest BCUT2D eigenvalue weighted by Gasteiger charge is -2.42. The van der Waals surface area contributed by atoms with Gasteiger partial charge in [0, 0.05) is 57.4 Å². The minimum Gasteiger partial charge on any atom is -0.508 e. The molecule has 6 rings (SSSR count). The first kappa shape index (κ1) is 31.3. The maximum Gasteiger partial charge on any atom is 0.240 e. The molecule has 0 unspecified atom stereocenters. The summed E-state index contributed by atoms with van der Waals surface area (Å²) in [5.41, 5.74) is 1.07. The number of fused-ring (bicyclic) bond motifs is 6. The molecule has 242 valence electrons. The maximum absolute atomic E-state index is 14.1. The molecule has 4 saturated heterocycles. The Kier molecular flexibility index (Phi) is 9.02. The van der Waals surface area contributed by atoms with Gasteiger partial charge in [-0.05, 0) is 30.2 Å². The summed E-state index contributed by atoms with van der Waals surface area (Å²) in [7, 11) is 0. The number of carbonyl (C=O) groups excluding carboxylic acids is 3. The van der Waals surface area contributed by atoms with E-state index >= 15 is 0 Å². The van der Waals surface area contributed by atoms with Gasteiger partial charge in [0.15, 0.2) is 11.6 Å². The molecule has 4 aliphatic heterocycles. The van der Waals surface area contributed by atoms with E-state index in [2.05, 4.69) is 10.6 Å². The number of phenols is 1. The molecule has 6 bridgehead atoms. The van der Waals surface area contributed by atoms with E-state index in [1.165, 1.54) is 6.07 Å². The summed E-state index contributed by atoms with van der Waals surface area (Å²) in [6.07, 6.45) is -4.61. The molecule has 2 aromatic rings. The highest BCUT2D eigenvalue weighted by atomic mass is 19.2. The number of piperazine rings is 1. The van der Waals surface area contributed by atoms with E-state index in [-0.39, 0.29) is 63.8 Å². The van der Waals surface area contributed by atoms with Crippen LogP contribution in [-0.4, -0.2) is 123 Å². The van der Waals surface area contributed by atoms with Gasteiger partial charge in [0.2, 0.25) is 17.7 Å². The van der Waals surface area contributed by atoms with Gasteiger partial charge >= 0.3 is 0 Å². The van der Waals surface area contributed by atoms with Gasteiger partial charge in [-0.3, -0.25) is 24.2 Å². The lowest BCUT2D eigenvalue weighted by molar-refractivity contribution is -0.142. The van der Waals surface area contributed by atoms with Crippen LogP contribution in [0.3, 0.4) is 0 Å². The maximum atomic E-state index is 14.1. The Morgan fingerprint density at radius 2 is 1.67 bits per heavy atom. The van der Waals surface area contributed by atoms with Gasteiger partial charge in [-0.15, -0.1) is 0 Å². The van der Waals surface area contributed by atoms with Gasteiger partial charge in [-0.1, -0.05) is 24.3 Å². The van der Waals surface area contributed by atoms with Gasteiger partial charge in [0.1, 0.15) is 30.1 Å². The highest BCUT2D eigenvalue weighted by molar-refractivity contribution is 5.86. The number of nitrogens with zero attached hydrogens (tertiary/aromatic N) is 3. The number of rotatable bonds is 4. The number of halogens is 2. The van der Waals surface area contributed by atoms with Crippen molar-refractivity contribution in [3.05, 3.63) is 65.2 Å². The van der Waals surface area contributed by atoms with Gasteiger partial charge in [-0.2, -0.15) is 0 Å². The molecule has 0 spiro atoms. The number of benzene rings is 2. The first-order chi connectivity index (χ1) is 21.6. The van der Waals surface area contributed by atoms with Crippen LogP contribution in [0.5, 0.6) is 5.75 Å². The molecule has 4 fully saturated rings. The molecule has 12 nitrogen and oxygen atoms in total. The lowest BCUT2D eigenvalue weighted by Crippen LogP contribution is -2.62. The van der Waals surface area contributed by atoms with Crippen LogP contribution >= 0.6 is 0 Å². The van der Waals surface area contributed by atoms with Crippen molar-refractivity contribution in [3.8, 4) is 5.75 Å². The number of aliphatic hydroxyl groups is 2. The number of hydrogen-bond acceptors (Lipinski definition) is 9. The molecule has 2 aromatic carbocycles. The predicted molar refractivity (Wildman–Crippen MR) is 154 cm³/mol. The molecule has 45 heavy (non-hydrogen) atoms. The second-order valence-corrected chi connectivity index (χ2v) is 12.2. The SMILES string of the molecule is O=C1C[C@@H]2O[C@H](CNC(=O)[C@@H]3CN(CCN3Cc3ccc(F)c(F)c3)C(=O)[C@@H]3C[C@@H](CN3Cc3ccccc3O)N1)[C@@H](O)[C@H]2O. The average Bonchev–Trinajstić information content (AvgIpc) is 3.53. The fourth-order valence-corrected chi connectivity index (χ4v) is 6.80. The van der Waals surface area contributed by atoms with Gasteiger partial charge < -0.3 is 35.6 Å². The van der Waals surface area contributed by atoms with Crippen LogP contribution in [0.2, 0.25) is 0 Å². The number of amides is 3. The molecule has 0 aromatic heterocycles. The number of aromatic hydroxyl groups is 1. The number of aliphatic hydroxyl groups excluding tert-OH is 2. The Balaban J connectivity index is 1.29. The zero-order valence-corrected chi connectivity index (χ0v) is 24.5. The summed E-state index contributed by atoms with van der Waals surface area (Å²) in [6, 6.07) is 8.40. The highest BCUT2D eigenvalue weighted by Gasteiger charge is 2.46. The molecule has 5 N–H and O–H groups in total. The summed E-state index contributed by atoms with van der Waals surface area (Å²) in [6.45, 7) is 1.06. The number of para-hydroxylation sites is 1. The third-order valence-electron chi connectivity index (χ3n) is 9.22. The van der Waals surface area contributed by atoms with Crippen LogP contribution in [0, 0.1) is 11.6 Å². The summed E-state index contributed by atoms with van der Waals surface area (Å²) in [4.78, 5) is 46.0. The van der Waals surface area contributed by atoms with Crippen LogP contribution in [0.25, 0.3) is 0 Å². The van der Waals surface area contributed by atoms with Crippen LogP contribution in [0.4, 0.5) is 8.78 Å². The van der Waals surface area contributed by atoms with Crippen molar-refractivity contribution in [2.24, 2.45) is 0 Å². The van der Waals surface area contributed by atoms with E-state index in [1.807, 2.05) is 4.90 Å². The Morgan fingerprint density at radius 1 is 0.889 bits per heavy atom. The van der Waals surface area contributed by atoms with Crippen LogP contribution in [0.15, 0.2) is 42.5 Å². The Labute approximate surface area is 258 Å². The third kappa shape index (κ3) is 6.65. The summed E-state index contributed by atoms with van der Waals surface area (Å²) in [5, 5.41) is 37.3. The smallest absolute Gasteiger partial charge is 0.240 e. The van der Waals surface area contributed by atoms with Gasteiger partial charge in [0.25, 0.3) is 0 Å². The fraction of sp³-hybridized carbons (Fsp3) is 0.516. The molecule has 4 heterocycles. The van der Waals surface area contributed by atoms with E-state index in [9.17, 15) is 38.5 Å². The van der Waals surface area contributed by atoms with Crippen molar-refractivity contribution in [1.82, 2.24) is 25.3 Å². The van der Waals surface area contributed by atoms with Crippen LogP contribution in [-0.2, 0) is 32.2 Å². The zero-order valence-electron chi connectivity index (χ0n) is 24.5. The van der Waals surface area contributed by atoms with Crippen LogP contribution < -0.4 is 10.6 Å². The highest BCUT2D eigenvalue weighted by Crippen LogP contribution is 2.29. The van der Waals surface area contributed by atoms with Gasteiger partial charge in [0.05, 0.1) is 18.6 Å². The zero-order chi connectivity index (χ0) is 31.8. The monoisotopic (exact) mass is 629 g/mol. The van der Waals surface area contributed by atoms with E-state index in [0.717, 1.165) is 12.1 Å². The molecule has 0 saturated carbocycles. The fourth-order valence-electron chi connectivity index (χ4n) is 6.80. The molecule has 7 atom stereocenters. The topological polar surface area (TPSA) is 155 Å². The number of likely N-dealkylation sites (tertiary alicyclic amines) is 1. The van der Waals surface area contributed by atoms with E-state index in [0.29, 0.717) is 17.7 Å². The first-order valence-corrected chi connectivity index (χ1v) is 15.1. The standard InChI is InChI=1S/C31H37F2N5O7/c32-20-6-5-17(9-21(20)33)13-36-7-8-37-16-23(36)30(43)34-12-26-29(42)28(41)25(45-26)11-27(40)35-19-10-22(31(37)44)38(15-19)14-18-3-1-2-4-24(18)39/h1-6,9,19,22-23,25-26,28-29,39,41-42H,7-8,10-16H2,(H,34,43)(H,35,40)/t19-,22-,23-,25-,26+,28-,29+/m0/s1. The van der Waals surface area contributed by atoms with Crippen molar-refractivity contribution in [1.29, 1.82) is 0 Å². The van der Waals surface area contributed by atoms with Crippen molar-refractivity contribution < 1.29 is 43.2 Å². The Morgan fingerprint density at radius 3 is 2.44 bits per heavy atom. The summed E-state index contributed by atoms with van der Waals surface area (Å²) < 4.78 is 33.4. The average molecular weight is 630 g/mol. The molecule has 0 aliphatic carbocycles. The molecule has 3 amide bonds. The Hall–Kier alpha value is -3.69. The summed E-state index contributed by atoms with van der Waals surface area (Å²) >= 11 is 0. The lowest BCUT2D eigenvalue weighted by atomic mass is 10.0. The van der Waals surface area contributed by atoms with Crippen LogP contribution in [0.1, 0.15) is 24.0 Å². The Bertz CT molecular complexity index is 1450. The van der Waals surface area contributed by atoms with E-state index < -0.39 is 66.0 Å². The number of nitrogens with one attached hydrogen (secondary N) is 2.